The third-order valence-corrected chi connectivity index (χ3v) is 4.50. The van der Waals surface area contributed by atoms with Crippen molar-refractivity contribution in [2.45, 2.75) is 32.4 Å². The Morgan fingerprint density at radius 3 is 2.88 bits per heavy atom. The fourth-order valence-corrected chi connectivity index (χ4v) is 2.94. The van der Waals surface area contributed by atoms with Gasteiger partial charge in [0, 0.05) is 18.7 Å². The number of aromatic nitrogens is 4. The number of nitrogens with one attached hydrogen (secondary N) is 2. The van der Waals surface area contributed by atoms with Gasteiger partial charge >= 0.3 is 0 Å². The molecular weight excluding hydrogens is 338 g/mol. The average molecular weight is 359 g/mol. The van der Waals surface area contributed by atoms with Gasteiger partial charge < -0.3 is 16.0 Å². The lowest BCUT2D eigenvalue weighted by atomic mass is 10.0. The minimum atomic E-state index is -0.575. The Bertz CT molecular complexity index is 903. The lowest BCUT2D eigenvalue weighted by molar-refractivity contribution is -0.131. The van der Waals surface area contributed by atoms with E-state index in [1.165, 1.54) is 16.9 Å². The van der Waals surface area contributed by atoms with Crippen LogP contribution in [0.1, 0.15) is 29.4 Å². The molecular formula is C16H21N7O3. The van der Waals surface area contributed by atoms with Gasteiger partial charge in [-0.1, -0.05) is 0 Å². The van der Waals surface area contributed by atoms with Crippen LogP contribution in [0.5, 0.6) is 0 Å². The molecule has 138 valence electrons. The van der Waals surface area contributed by atoms with Crippen LogP contribution in [0.4, 0.5) is 5.82 Å². The minimum Gasteiger partial charge on any atom is -0.384 e. The molecule has 0 bridgehead atoms. The summed E-state index contributed by atoms with van der Waals surface area (Å²) >= 11 is 0. The number of carbonyl (C=O) groups excluding carboxylic acids is 2. The van der Waals surface area contributed by atoms with E-state index in [4.69, 9.17) is 5.73 Å². The number of anilines is 1. The highest BCUT2D eigenvalue weighted by Gasteiger charge is 2.37. The van der Waals surface area contributed by atoms with Crippen molar-refractivity contribution in [3.05, 3.63) is 39.9 Å². The summed E-state index contributed by atoms with van der Waals surface area (Å²) in [5.74, 6) is -0.0815. The van der Waals surface area contributed by atoms with E-state index in [1.54, 1.807) is 17.9 Å². The van der Waals surface area contributed by atoms with E-state index < -0.39 is 11.4 Å². The fraction of sp³-hybridized carbons (Fsp3) is 0.438. The SMILES string of the molecule is Cc1cc(C(=O)NC2(C)CCN(C(=O)Cn3nccc3N)C2)n[nH]c1=O. The van der Waals surface area contributed by atoms with Gasteiger partial charge in [0.15, 0.2) is 0 Å². The molecule has 0 aromatic carbocycles. The Balaban J connectivity index is 1.63. The smallest absolute Gasteiger partial charge is 0.272 e. The zero-order chi connectivity index (χ0) is 18.9. The lowest BCUT2D eigenvalue weighted by Gasteiger charge is -2.26. The van der Waals surface area contributed by atoms with E-state index in [-0.39, 0.29) is 23.7 Å². The van der Waals surface area contributed by atoms with E-state index in [0.29, 0.717) is 30.9 Å². The van der Waals surface area contributed by atoms with E-state index in [2.05, 4.69) is 20.6 Å². The van der Waals surface area contributed by atoms with Crippen molar-refractivity contribution >= 4 is 17.6 Å². The summed E-state index contributed by atoms with van der Waals surface area (Å²) < 4.78 is 1.43. The molecule has 1 aliphatic heterocycles. The summed E-state index contributed by atoms with van der Waals surface area (Å²) in [6, 6.07) is 3.07. The van der Waals surface area contributed by atoms with Gasteiger partial charge in [0.2, 0.25) is 5.91 Å². The van der Waals surface area contributed by atoms with Crippen LogP contribution in [0.3, 0.4) is 0 Å². The Labute approximate surface area is 149 Å². The molecule has 10 nitrogen and oxygen atoms in total. The summed E-state index contributed by atoms with van der Waals surface area (Å²) in [4.78, 5) is 37.9. The van der Waals surface area contributed by atoms with Crippen molar-refractivity contribution in [2.24, 2.45) is 0 Å². The molecule has 2 amide bonds. The van der Waals surface area contributed by atoms with Crippen LogP contribution >= 0.6 is 0 Å². The molecule has 0 aliphatic carbocycles. The summed E-state index contributed by atoms with van der Waals surface area (Å²) in [6.45, 7) is 4.44. The van der Waals surface area contributed by atoms with E-state index >= 15 is 0 Å². The molecule has 26 heavy (non-hydrogen) atoms. The molecule has 2 aromatic heterocycles. The topological polar surface area (TPSA) is 139 Å². The number of hydrogen-bond donors (Lipinski definition) is 3. The van der Waals surface area contributed by atoms with Gasteiger partial charge in [-0.05, 0) is 32.4 Å². The van der Waals surface area contributed by atoms with Crippen LogP contribution in [-0.2, 0) is 11.3 Å². The lowest BCUT2D eigenvalue weighted by Crippen LogP contribution is -2.49. The van der Waals surface area contributed by atoms with Crippen LogP contribution in [0, 0.1) is 6.92 Å². The largest absolute Gasteiger partial charge is 0.384 e. The number of aromatic amines is 1. The van der Waals surface area contributed by atoms with Crippen molar-refractivity contribution in [2.75, 3.05) is 18.8 Å². The second kappa shape index (κ2) is 6.62. The predicted octanol–water partition coefficient (Wildman–Crippen LogP) is -0.722. The van der Waals surface area contributed by atoms with Gasteiger partial charge in [0.1, 0.15) is 18.1 Å². The van der Waals surface area contributed by atoms with E-state index in [1.807, 2.05) is 6.92 Å². The molecule has 1 saturated heterocycles. The molecule has 0 saturated carbocycles. The Kier molecular flexibility index (Phi) is 4.49. The molecule has 10 heteroatoms. The number of hydrogen-bond acceptors (Lipinski definition) is 6. The maximum absolute atomic E-state index is 12.4. The van der Waals surface area contributed by atoms with E-state index in [0.717, 1.165) is 0 Å². The van der Waals surface area contributed by atoms with Crippen LogP contribution in [-0.4, -0.2) is 55.3 Å². The Morgan fingerprint density at radius 1 is 1.46 bits per heavy atom. The summed E-state index contributed by atoms with van der Waals surface area (Å²) in [6.07, 6.45) is 2.15. The number of likely N-dealkylation sites (tertiary alicyclic amines) is 1. The monoisotopic (exact) mass is 359 g/mol. The maximum atomic E-state index is 12.4. The van der Waals surface area contributed by atoms with Crippen molar-refractivity contribution in [1.82, 2.24) is 30.2 Å². The van der Waals surface area contributed by atoms with Crippen molar-refractivity contribution in [3.8, 4) is 0 Å². The fourth-order valence-electron chi connectivity index (χ4n) is 2.94. The van der Waals surface area contributed by atoms with Crippen LogP contribution < -0.4 is 16.6 Å². The number of amides is 2. The Morgan fingerprint density at radius 2 is 2.23 bits per heavy atom. The predicted molar refractivity (Wildman–Crippen MR) is 93.3 cm³/mol. The standard InChI is InChI=1S/C16H21N7O3/c1-10-7-11(20-21-14(10)25)15(26)19-16(2)4-6-22(9-16)13(24)8-23-12(17)3-5-18-23/h3,5,7H,4,6,8-9,17H2,1-2H3,(H,19,26)(H,21,25). The molecule has 3 rings (SSSR count). The molecule has 0 radical (unpaired) electrons. The number of carbonyl (C=O) groups is 2. The summed E-state index contributed by atoms with van der Waals surface area (Å²) in [5, 5.41) is 13.0. The highest BCUT2D eigenvalue weighted by Crippen LogP contribution is 2.22. The number of nitrogen functional groups attached to an aromatic ring is 1. The highest BCUT2D eigenvalue weighted by atomic mass is 16.2. The first-order valence-electron chi connectivity index (χ1n) is 8.21. The van der Waals surface area contributed by atoms with Crippen molar-refractivity contribution < 1.29 is 9.59 Å². The van der Waals surface area contributed by atoms with E-state index in [9.17, 15) is 14.4 Å². The van der Waals surface area contributed by atoms with Crippen LogP contribution in [0.25, 0.3) is 0 Å². The Hall–Kier alpha value is -3.17. The molecule has 2 aromatic rings. The number of nitrogens with two attached hydrogens (primary N) is 1. The number of rotatable bonds is 4. The van der Waals surface area contributed by atoms with Gasteiger partial charge in [-0.2, -0.15) is 10.2 Å². The van der Waals surface area contributed by atoms with Gasteiger partial charge in [-0.25, -0.2) is 9.78 Å². The maximum Gasteiger partial charge on any atom is 0.272 e. The molecule has 1 fully saturated rings. The molecule has 3 heterocycles. The second-order valence-corrected chi connectivity index (χ2v) is 6.76. The molecule has 1 aliphatic rings. The quantitative estimate of drug-likeness (QED) is 0.658. The third kappa shape index (κ3) is 3.58. The number of H-pyrrole nitrogens is 1. The normalized spacial score (nSPS) is 19.5. The van der Waals surface area contributed by atoms with Gasteiger partial charge in [0.25, 0.3) is 11.5 Å². The van der Waals surface area contributed by atoms with Gasteiger partial charge in [0.05, 0.1) is 11.7 Å². The van der Waals surface area contributed by atoms with Crippen molar-refractivity contribution in [1.29, 1.82) is 0 Å². The first-order valence-corrected chi connectivity index (χ1v) is 8.21. The first-order chi connectivity index (χ1) is 12.3. The third-order valence-electron chi connectivity index (χ3n) is 4.50. The average Bonchev–Trinajstić information content (AvgIpc) is 3.16. The minimum absolute atomic E-state index is 0.0591. The second-order valence-electron chi connectivity index (χ2n) is 6.76. The van der Waals surface area contributed by atoms with Gasteiger partial charge in [-0.15, -0.1) is 0 Å². The molecule has 1 unspecified atom stereocenters. The first kappa shape index (κ1) is 17.6. The van der Waals surface area contributed by atoms with Crippen LogP contribution in [0.2, 0.25) is 0 Å². The number of aryl methyl sites for hydroxylation is 1. The number of nitrogens with zero attached hydrogens (tertiary/aromatic N) is 4. The zero-order valence-corrected chi connectivity index (χ0v) is 14.7. The zero-order valence-electron chi connectivity index (χ0n) is 14.7. The molecule has 1 atom stereocenters. The molecule has 0 spiro atoms. The highest BCUT2D eigenvalue weighted by molar-refractivity contribution is 5.92. The van der Waals surface area contributed by atoms with Crippen LogP contribution in [0.15, 0.2) is 23.1 Å². The summed E-state index contributed by atoms with van der Waals surface area (Å²) in [7, 11) is 0. The van der Waals surface area contributed by atoms with Gasteiger partial charge in [-0.3, -0.25) is 14.4 Å². The van der Waals surface area contributed by atoms with Crippen molar-refractivity contribution in [3.63, 3.8) is 0 Å². The molecule has 4 N–H and O–H groups in total. The summed E-state index contributed by atoms with van der Waals surface area (Å²) in [5.41, 5.74) is 5.38.